The second-order valence-corrected chi connectivity index (χ2v) is 5.39. The van der Waals surface area contributed by atoms with Crippen LogP contribution in [0.4, 0.5) is 4.79 Å². The van der Waals surface area contributed by atoms with Gasteiger partial charge in [0, 0.05) is 12.6 Å². The standard InChI is InChI=1S/C15H27NO2/c1-7-10-13(11-8-2)16(12-9-3)14(17)18-15(4,5)6/h7,9,13H,1,3,8,10-12H2,2,4-6H3/t13-/m1/s1. The number of rotatable bonds is 7. The Morgan fingerprint density at radius 1 is 1.33 bits per heavy atom. The first-order valence-corrected chi connectivity index (χ1v) is 6.57. The summed E-state index contributed by atoms with van der Waals surface area (Å²) in [6, 6.07) is 0.139. The van der Waals surface area contributed by atoms with Crippen molar-refractivity contribution in [2.24, 2.45) is 0 Å². The zero-order chi connectivity index (χ0) is 14.2. The van der Waals surface area contributed by atoms with Crippen molar-refractivity contribution in [2.75, 3.05) is 6.54 Å². The van der Waals surface area contributed by atoms with Crippen LogP contribution in [0.3, 0.4) is 0 Å². The van der Waals surface area contributed by atoms with Crippen LogP contribution in [0.25, 0.3) is 0 Å². The first-order valence-electron chi connectivity index (χ1n) is 6.57. The first-order chi connectivity index (χ1) is 8.35. The minimum absolute atomic E-state index is 0.139. The van der Waals surface area contributed by atoms with E-state index >= 15 is 0 Å². The third-order valence-electron chi connectivity index (χ3n) is 2.46. The van der Waals surface area contributed by atoms with Crippen LogP contribution < -0.4 is 0 Å². The maximum absolute atomic E-state index is 12.2. The molecule has 3 nitrogen and oxygen atoms in total. The summed E-state index contributed by atoms with van der Waals surface area (Å²) in [5, 5.41) is 0. The van der Waals surface area contributed by atoms with Crippen molar-refractivity contribution in [1.82, 2.24) is 4.90 Å². The lowest BCUT2D eigenvalue weighted by atomic mass is 10.1. The van der Waals surface area contributed by atoms with Crippen molar-refractivity contribution in [3.05, 3.63) is 25.3 Å². The summed E-state index contributed by atoms with van der Waals surface area (Å²) in [6.07, 6.45) is 6.05. The molecule has 0 aromatic heterocycles. The van der Waals surface area contributed by atoms with Crippen molar-refractivity contribution in [1.29, 1.82) is 0 Å². The van der Waals surface area contributed by atoms with Crippen molar-refractivity contribution >= 4 is 6.09 Å². The third kappa shape index (κ3) is 6.48. The molecule has 0 unspecified atom stereocenters. The molecule has 18 heavy (non-hydrogen) atoms. The Balaban J connectivity index is 4.82. The summed E-state index contributed by atoms with van der Waals surface area (Å²) < 4.78 is 5.43. The number of carbonyl (C=O) groups excluding carboxylic acids is 1. The zero-order valence-electron chi connectivity index (χ0n) is 12.2. The Morgan fingerprint density at radius 2 is 1.94 bits per heavy atom. The molecule has 0 bridgehead atoms. The monoisotopic (exact) mass is 253 g/mol. The smallest absolute Gasteiger partial charge is 0.410 e. The average Bonchev–Trinajstić information content (AvgIpc) is 2.23. The summed E-state index contributed by atoms with van der Waals surface area (Å²) in [5.74, 6) is 0. The Kier molecular flexibility index (Phi) is 7.41. The molecule has 1 amide bonds. The van der Waals surface area contributed by atoms with Crippen LogP contribution in [-0.4, -0.2) is 29.2 Å². The van der Waals surface area contributed by atoms with E-state index in [4.69, 9.17) is 4.74 Å². The van der Waals surface area contributed by atoms with Gasteiger partial charge in [-0.25, -0.2) is 4.79 Å². The van der Waals surface area contributed by atoms with Gasteiger partial charge in [0.15, 0.2) is 0 Å². The fraction of sp³-hybridized carbons (Fsp3) is 0.667. The predicted octanol–water partition coefficient (Wildman–Crippen LogP) is 4.15. The summed E-state index contributed by atoms with van der Waals surface area (Å²) in [7, 11) is 0. The molecule has 3 heteroatoms. The molecule has 0 saturated carbocycles. The van der Waals surface area contributed by atoms with Crippen LogP contribution in [0.1, 0.15) is 47.0 Å². The molecule has 0 saturated heterocycles. The molecule has 0 aliphatic rings. The van der Waals surface area contributed by atoms with Crippen LogP contribution >= 0.6 is 0 Å². The van der Waals surface area contributed by atoms with E-state index in [1.54, 1.807) is 11.0 Å². The lowest BCUT2D eigenvalue weighted by molar-refractivity contribution is 0.0181. The Hall–Kier alpha value is -1.25. The molecule has 0 radical (unpaired) electrons. The van der Waals surface area contributed by atoms with Gasteiger partial charge in [-0.1, -0.05) is 25.5 Å². The van der Waals surface area contributed by atoms with E-state index in [1.807, 2.05) is 26.8 Å². The number of ether oxygens (including phenoxy) is 1. The molecule has 0 aromatic rings. The van der Waals surface area contributed by atoms with Gasteiger partial charge >= 0.3 is 6.09 Å². The molecule has 1 atom stereocenters. The van der Waals surface area contributed by atoms with Crippen molar-refractivity contribution in [3.63, 3.8) is 0 Å². The number of nitrogens with zero attached hydrogens (tertiary/aromatic N) is 1. The highest BCUT2D eigenvalue weighted by atomic mass is 16.6. The number of carbonyl (C=O) groups is 1. The van der Waals surface area contributed by atoms with E-state index in [0.717, 1.165) is 19.3 Å². The van der Waals surface area contributed by atoms with Crippen LogP contribution in [0.2, 0.25) is 0 Å². The summed E-state index contributed by atoms with van der Waals surface area (Å²) in [4.78, 5) is 13.9. The minimum atomic E-state index is -0.471. The highest BCUT2D eigenvalue weighted by Gasteiger charge is 2.26. The van der Waals surface area contributed by atoms with E-state index in [1.165, 1.54) is 0 Å². The molecule has 0 fully saturated rings. The second-order valence-electron chi connectivity index (χ2n) is 5.39. The van der Waals surface area contributed by atoms with E-state index in [0.29, 0.717) is 6.54 Å². The Labute approximate surface area is 112 Å². The maximum atomic E-state index is 12.2. The molecule has 0 rings (SSSR count). The molecule has 0 aliphatic heterocycles. The quantitative estimate of drug-likeness (QED) is 0.638. The minimum Gasteiger partial charge on any atom is -0.444 e. The molecular weight excluding hydrogens is 226 g/mol. The average molecular weight is 253 g/mol. The third-order valence-corrected chi connectivity index (χ3v) is 2.46. The number of hydrogen-bond donors (Lipinski definition) is 0. The molecule has 0 spiro atoms. The van der Waals surface area contributed by atoms with Gasteiger partial charge < -0.3 is 9.64 Å². The summed E-state index contributed by atoms with van der Waals surface area (Å²) >= 11 is 0. The molecule has 104 valence electrons. The fourth-order valence-corrected chi connectivity index (χ4v) is 1.76. The lowest BCUT2D eigenvalue weighted by Gasteiger charge is -2.32. The summed E-state index contributed by atoms with van der Waals surface area (Å²) in [5.41, 5.74) is -0.471. The van der Waals surface area contributed by atoms with Crippen molar-refractivity contribution in [3.8, 4) is 0 Å². The molecule has 0 N–H and O–H groups in total. The zero-order valence-corrected chi connectivity index (χ0v) is 12.2. The van der Waals surface area contributed by atoms with Gasteiger partial charge in [0.2, 0.25) is 0 Å². The van der Waals surface area contributed by atoms with E-state index in [2.05, 4.69) is 20.1 Å². The van der Waals surface area contributed by atoms with Gasteiger partial charge in [0.25, 0.3) is 0 Å². The highest BCUT2D eigenvalue weighted by Crippen LogP contribution is 2.17. The van der Waals surface area contributed by atoms with E-state index < -0.39 is 5.60 Å². The Morgan fingerprint density at radius 3 is 2.33 bits per heavy atom. The van der Waals surface area contributed by atoms with Gasteiger partial charge in [0.05, 0.1) is 0 Å². The maximum Gasteiger partial charge on any atom is 0.410 e. The molecule has 0 aromatic carbocycles. The van der Waals surface area contributed by atoms with Gasteiger partial charge in [0.1, 0.15) is 5.60 Å². The highest BCUT2D eigenvalue weighted by molar-refractivity contribution is 5.68. The van der Waals surface area contributed by atoms with Gasteiger partial charge in [-0.2, -0.15) is 0 Å². The molecule has 0 aliphatic carbocycles. The topological polar surface area (TPSA) is 29.5 Å². The number of amides is 1. The van der Waals surface area contributed by atoms with Gasteiger partial charge in [-0.05, 0) is 33.6 Å². The first kappa shape index (κ1) is 16.8. The van der Waals surface area contributed by atoms with Crippen LogP contribution in [0, 0.1) is 0 Å². The normalized spacial score (nSPS) is 12.7. The lowest BCUT2D eigenvalue weighted by Crippen LogP contribution is -2.43. The van der Waals surface area contributed by atoms with Crippen molar-refractivity contribution in [2.45, 2.75) is 58.6 Å². The van der Waals surface area contributed by atoms with Crippen LogP contribution in [0.5, 0.6) is 0 Å². The second kappa shape index (κ2) is 7.96. The Bertz CT molecular complexity index is 279. The molecular formula is C15H27NO2. The van der Waals surface area contributed by atoms with Crippen LogP contribution in [0.15, 0.2) is 25.3 Å². The predicted molar refractivity (Wildman–Crippen MR) is 76.6 cm³/mol. The van der Waals surface area contributed by atoms with Crippen LogP contribution in [-0.2, 0) is 4.74 Å². The van der Waals surface area contributed by atoms with Crippen molar-refractivity contribution < 1.29 is 9.53 Å². The largest absolute Gasteiger partial charge is 0.444 e. The van der Waals surface area contributed by atoms with E-state index in [-0.39, 0.29) is 12.1 Å². The van der Waals surface area contributed by atoms with Gasteiger partial charge in [-0.15, -0.1) is 13.2 Å². The number of hydrogen-bond acceptors (Lipinski definition) is 2. The molecule has 0 heterocycles. The summed E-state index contributed by atoms with van der Waals surface area (Å²) in [6.45, 7) is 15.7. The van der Waals surface area contributed by atoms with E-state index in [9.17, 15) is 4.79 Å². The SMILES string of the molecule is C=CC[C@H](CCC)N(CC=C)C(=O)OC(C)(C)C. The fourth-order valence-electron chi connectivity index (χ4n) is 1.76. The van der Waals surface area contributed by atoms with Gasteiger partial charge in [-0.3, -0.25) is 0 Å².